The number of hydrogen-bond acceptors (Lipinski definition) is 7. The highest BCUT2D eigenvalue weighted by atomic mass is 16.6. The first-order chi connectivity index (χ1) is 12.9. The van der Waals surface area contributed by atoms with Gasteiger partial charge in [0, 0.05) is 24.5 Å². The molecule has 0 bridgehead atoms. The zero-order valence-corrected chi connectivity index (χ0v) is 14.4. The lowest BCUT2D eigenvalue weighted by atomic mass is 10.0. The molecule has 0 aliphatic rings. The number of rotatable bonds is 9. The van der Waals surface area contributed by atoms with Crippen molar-refractivity contribution in [2.75, 3.05) is 13.7 Å². The minimum atomic E-state index is -1.41. The Labute approximate surface area is 154 Å². The molecule has 0 heterocycles. The van der Waals surface area contributed by atoms with E-state index in [2.05, 4.69) is 5.32 Å². The summed E-state index contributed by atoms with van der Waals surface area (Å²) in [7, 11) is 1.46. The average molecular weight is 373 g/mol. The Kier molecular flexibility index (Phi) is 6.70. The number of nitro benzene ring substituents is 1. The fraction of sp³-hybridized carbons (Fsp3) is 0.222. The molecule has 0 aliphatic carbocycles. The molecular formula is C18H17N2O7-. The molecule has 9 heteroatoms. The van der Waals surface area contributed by atoms with E-state index < -0.39 is 35.9 Å². The first kappa shape index (κ1) is 19.7. The Morgan fingerprint density at radius 3 is 2.48 bits per heavy atom. The fourth-order valence-corrected chi connectivity index (χ4v) is 2.39. The lowest BCUT2D eigenvalue weighted by Crippen LogP contribution is -2.36. The number of ether oxygens (including phenoxy) is 2. The standard InChI is InChI=1S/C18H18N2O7/c1-26-15-7-2-3-8-16(15)27-11-17(21)19-14(10-18(22)23)12-5-4-6-13(9-12)20(24)25/h2-9,14H,10-11H2,1H3,(H,19,21)(H,22,23)/p-1. The molecule has 0 aromatic heterocycles. The molecule has 2 rings (SSSR count). The number of carboxylic acid groups (broad SMARTS) is 1. The van der Waals surface area contributed by atoms with E-state index in [4.69, 9.17) is 9.47 Å². The third-order valence-electron chi connectivity index (χ3n) is 3.62. The van der Waals surface area contributed by atoms with Crippen LogP contribution in [0, 0.1) is 10.1 Å². The molecule has 2 aromatic rings. The van der Waals surface area contributed by atoms with Crippen LogP contribution in [0.5, 0.6) is 11.5 Å². The van der Waals surface area contributed by atoms with Crippen LogP contribution in [0.3, 0.4) is 0 Å². The molecule has 2 aromatic carbocycles. The van der Waals surface area contributed by atoms with E-state index in [0.717, 1.165) is 0 Å². The Morgan fingerprint density at radius 1 is 1.15 bits per heavy atom. The van der Waals surface area contributed by atoms with Gasteiger partial charge in [-0.05, 0) is 17.7 Å². The topological polar surface area (TPSA) is 131 Å². The van der Waals surface area contributed by atoms with Gasteiger partial charge in [-0.15, -0.1) is 0 Å². The van der Waals surface area contributed by atoms with Crippen LogP contribution in [-0.4, -0.2) is 30.5 Å². The minimum absolute atomic E-state index is 0.213. The van der Waals surface area contributed by atoms with Gasteiger partial charge >= 0.3 is 0 Å². The minimum Gasteiger partial charge on any atom is -0.550 e. The molecule has 0 aliphatic heterocycles. The Hall–Kier alpha value is -3.62. The van der Waals surface area contributed by atoms with Crippen LogP contribution in [0.25, 0.3) is 0 Å². The van der Waals surface area contributed by atoms with Gasteiger partial charge in [0.05, 0.1) is 18.1 Å². The summed E-state index contributed by atoms with van der Waals surface area (Å²) in [6, 6.07) is 11.1. The Balaban J connectivity index is 2.09. The third kappa shape index (κ3) is 5.70. The summed E-state index contributed by atoms with van der Waals surface area (Å²) in [5, 5.41) is 24.4. The van der Waals surface area contributed by atoms with E-state index in [9.17, 15) is 24.8 Å². The number of benzene rings is 2. The second-order valence-electron chi connectivity index (χ2n) is 5.49. The summed E-state index contributed by atoms with van der Waals surface area (Å²) in [6.45, 7) is -0.390. The molecule has 0 saturated carbocycles. The maximum Gasteiger partial charge on any atom is 0.269 e. The largest absolute Gasteiger partial charge is 0.550 e. The number of carboxylic acids is 1. The van der Waals surface area contributed by atoms with Crippen LogP contribution < -0.4 is 19.9 Å². The van der Waals surface area contributed by atoms with E-state index in [1.807, 2.05) is 0 Å². The number of nitrogens with one attached hydrogen (secondary N) is 1. The van der Waals surface area contributed by atoms with Crippen molar-refractivity contribution in [1.29, 1.82) is 0 Å². The van der Waals surface area contributed by atoms with Crippen LogP contribution in [0.1, 0.15) is 18.0 Å². The van der Waals surface area contributed by atoms with Gasteiger partial charge in [0.25, 0.3) is 11.6 Å². The van der Waals surface area contributed by atoms with E-state index in [-0.39, 0.29) is 11.3 Å². The molecule has 1 unspecified atom stereocenters. The summed E-state index contributed by atoms with van der Waals surface area (Å²) in [5.41, 5.74) is 0.0643. The number of non-ortho nitro benzene ring substituents is 1. The first-order valence-corrected chi connectivity index (χ1v) is 7.90. The second kappa shape index (κ2) is 9.18. The predicted octanol–water partition coefficient (Wildman–Crippen LogP) is 0.980. The highest BCUT2D eigenvalue weighted by Gasteiger charge is 2.18. The van der Waals surface area contributed by atoms with Gasteiger partial charge in [0.15, 0.2) is 18.1 Å². The predicted molar refractivity (Wildman–Crippen MR) is 92.1 cm³/mol. The summed E-state index contributed by atoms with van der Waals surface area (Å²) < 4.78 is 10.5. The number of nitro groups is 1. The normalized spacial score (nSPS) is 11.3. The monoisotopic (exact) mass is 373 g/mol. The van der Waals surface area contributed by atoms with E-state index >= 15 is 0 Å². The van der Waals surface area contributed by atoms with Crippen molar-refractivity contribution >= 4 is 17.6 Å². The number of aliphatic carboxylic acids is 1. The van der Waals surface area contributed by atoms with Crippen LogP contribution in [0.4, 0.5) is 5.69 Å². The van der Waals surface area contributed by atoms with Gasteiger partial charge in [-0.25, -0.2) is 0 Å². The van der Waals surface area contributed by atoms with Gasteiger partial charge in [-0.1, -0.05) is 24.3 Å². The lowest BCUT2D eigenvalue weighted by molar-refractivity contribution is -0.385. The zero-order chi connectivity index (χ0) is 19.8. The molecule has 1 atom stereocenters. The zero-order valence-electron chi connectivity index (χ0n) is 14.4. The van der Waals surface area contributed by atoms with E-state index in [1.165, 1.54) is 31.4 Å². The molecule has 1 amide bonds. The number of carbonyl (C=O) groups excluding carboxylic acids is 2. The van der Waals surface area contributed by atoms with Crippen molar-refractivity contribution in [2.45, 2.75) is 12.5 Å². The Morgan fingerprint density at radius 2 is 1.85 bits per heavy atom. The van der Waals surface area contributed by atoms with Gasteiger partial charge in [0.2, 0.25) is 0 Å². The summed E-state index contributed by atoms with van der Waals surface area (Å²) in [5.74, 6) is -1.21. The Bertz CT molecular complexity index is 838. The molecule has 9 nitrogen and oxygen atoms in total. The average Bonchev–Trinajstić information content (AvgIpc) is 2.65. The third-order valence-corrected chi connectivity index (χ3v) is 3.62. The van der Waals surface area contributed by atoms with Crippen molar-refractivity contribution in [2.24, 2.45) is 0 Å². The van der Waals surface area contributed by atoms with Crippen molar-refractivity contribution < 1.29 is 29.1 Å². The first-order valence-electron chi connectivity index (χ1n) is 7.90. The molecule has 0 radical (unpaired) electrons. The molecule has 142 valence electrons. The van der Waals surface area contributed by atoms with E-state index in [0.29, 0.717) is 11.5 Å². The van der Waals surface area contributed by atoms with Crippen molar-refractivity contribution in [1.82, 2.24) is 5.32 Å². The van der Waals surface area contributed by atoms with Gasteiger partial charge in [0.1, 0.15) is 0 Å². The van der Waals surface area contributed by atoms with Crippen LogP contribution in [0.15, 0.2) is 48.5 Å². The second-order valence-corrected chi connectivity index (χ2v) is 5.49. The maximum atomic E-state index is 12.2. The van der Waals surface area contributed by atoms with Crippen molar-refractivity contribution in [3.8, 4) is 11.5 Å². The van der Waals surface area contributed by atoms with Crippen LogP contribution >= 0.6 is 0 Å². The van der Waals surface area contributed by atoms with Crippen molar-refractivity contribution in [3.63, 3.8) is 0 Å². The highest BCUT2D eigenvalue weighted by molar-refractivity contribution is 5.79. The van der Waals surface area contributed by atoms with Crippen LogP contribution in [0.2, 0.25) is 0 Å². The van der Waals surface area contributed by atoms with Gasteiger partial charge in [-0.2, -0.15) is 0 Å². The number of methoxy groups -OCH3 is 1. The molecular weight excluding hydrogens is 356 g/mol. The number of nitrogens with zero attached hydrogens (tertiary/aromatic N) is 1. The summed E-state index contributed by atoms with van der Waals surface area (Å²) >= 11 is 0. The molecule has 27 heavy (non-hydrogen) atoms. The van der Waals surface area contributed by atoms with Gasteiger partial charge < -0.3 is 24.7 Å². The fourth-order valence-electron chi connectivity index (χ4n) is 2.39. The number of para-hydroxylation sites is 2. The molecule has 1 N–H and O–H groups in total. The number of amides is 1. The molecule has 0 spiro atoms. The highest BCUT2D eigenvalue weighted by Crippen LogP contribution is 2.26. The van der Waals surface area contributed by atoms with Gasteiger partial charge in [-0.3, -0.25) is 14.9 Å². The molecule has 0 saturated heterocycles. The number of hydrogen-bond donors (Lipinski definition) is 1. The van der Waals surface area contributed by atoms with E-state index in [1.54, 1.807) is 24.3 Å². The van der Waals surface area contributed by atoms with Crippen LogP contribution in [-0.2, 0) is 9.59 Å². The smallest absolute Gasteiger partial charge is 0.269 e. The number of carbonyl (C=O) groups is 2. The molecule has 0 fully saturated rings. The lowest BCUT2D eigenvalue weighted by Gasteiger charge is -2.20. The summed E-state index contributed by atoms with van der Waals surface area (Å²) in [6.07, 6.45) is -0.540. The summed E-state index contributed by atoms with van der Waals surface area (Å²) in [4.78, 5) is 33.5. The maximum absolute atomic E-state index is 12.2. The van der Waals surface area contributed by atoms with Crippen molar-refractivity contribution in [3.05, 3.63) is 64.2 Å². The SMILES string of the molecule is COc1ccccc1OCC(=O)NC(CC(=O)[O-])c1cccc([N+](=O)[O-])c1. The quantitative estimate of drug-likeness (QED) is 0.512.